The maximum Gasteiger partial charge on any atom is 0.320 e. The van der Waals surface area contributed by atoms with Crippen molar-refractivity contribution in [2.75, 3.05) is 19.6 Å². The fourth-order valence-electron chi connectivity index (χ4n) is 4.65. The molecule has 4 unspecified atom stereocenters. The number of rotatable bonds is 4. The topological polar surface area (TPSA) is 89.9 Å². The molecule has 3 fully saturated rings. The van der Waals surface area contributed by atoms with E-state index in [0.29, 0.717) is 28.1 Å². The van der Waals surface area contributed by atoms with Crippen LogP contribution in [0.3, 0.4) is 0 Å². The quantitative estimate of drug-likeness (QED) is 0.457. The molecule has 0 amide bonds. The van der Waals surface area contributed by atoms with Crippen molar-refractivity contribution in [3.63, 3.8) is 0 Å². The first-order valence-corrected chi connectivity index (χ1v) is 9.75. The number of aliphatic carboxylic acids is 2. The van der Waals surface area contributed by atoms with Crippen LogP contribution in [-0.4, -0.2) is 62.7 Å². The van der Waals surface area contributed by atoms with Gasteiger partial charge in [-0.1, -0.05) is 22.6 Å². The second-order valence-electron chi connectivity index (χ2n) is 7.37. The van der Waals surface area contributed by atoms with Crippen molar-refractivity contribution in [1.29, 1.82) is 0 Å². The van der Waals surface area contributed by atoms with Crippen LogP contribution in [0.2, 0.25) is 0 Å². The molecule has 0 radical (unpaired) electrons. The van der Waals surface area contributed by atoms with Gasteiger partial charge >= 0.3 is 11.9 Å². The minimum atomic E-state index is -0.746. The fourth-order valence-corrected chi connectivity index (χ4v) is 5.64. The van der Waals surface area contributed by atoms with E-state index in [0.717, 1.165) is 45.3 Å². The Morgan fingerprint density at radius 1 is 1.09 bits per heavy atom. The van der Waals surface area contributed by atoms with E-state index < -0.39 is 18.0 Å². The smallest absolute Gasteiger partial charge is 0.320 e. The lowest BCUT2D eigenvalue weighted by Gasteiger charge is -2.42. The number of halogens is 1. The Hall–Kier alpha value is -0.410. The van der Waals surface area contributed by atoms with Gasteiger partial charge < -0.3 is 15.5 Å². The Bertz CT molecular complexity index is 475. The summed E-state index contributed by atoms with van der Waals surface area (Å²) in [5.41, 5.74) is 0. The zero-order valence-electron chi connectivity index (χ0n) is 13.2. The number of likely N-dealkylation sites (tertiary alicyclic amines) is 1. The number of fused-ring (bicyclic) bond motifs is 1. The van der Waals surface area contributed by atoms with Crippen LogP contribution in [0.1, 0.15) is 32.1 Å². The highest BCUT2D eigenvalue weighted by Gasteiger charge is 2.41. The van der Waals surface area contributed by atoms with E-state index in [1.54, 1.807) is 0 Å². The number of nitrogens with one attached hydrogen (secondary N) is 1. The van der Waals surface area contributed by atoms with Gasteiger partial charge in [0, 0.05) is 17.0 Å². The van der Waals surface area contributed by atoms with Crippen molar-refractivity contribution in [2.24, 2.45) is 17.8 Å². The van der Waals surface area contributed by atoms with Crippen LogP contribution in [0.25, 0.3) is 0 Å². The number of hydrogen-bond acceptors (Lipinski definition) is 4. The summed E-state index contributed by atoms with van der Waals surface area (Å²) in [5.74, 6) is 0.118. The van der Waals surface area contributed by atoms with Crippen molar-refractivity contribution in [3.05, 3.63) is 0 Å². The summed E-state index contributed by atoms with van der Waals surface area (Å²) in [6.07, 6.45) is 4.77. The summed E-state index contributed by atoms with van der Waals surface area (Å²) in [6, 6.07) is -0.748. The Balaban J connectivity index is 1.57. The van der Waals surface area contributed by atoms with Crippen molar-refractivity contribution >= 4 is 34.5 Å². The van der Waals surface area contributed by atoms with Crippen molar-refractivity contribution in [1.82, 2.24) is 10.2 Å². The summed E-state index contributed by atoms with van der Waals surface area (Å²) in [5, 5.41) is 21.8. The number of carboxylic acid groups (broad SMARTS) is 2. The zero-order valence-corrected chi connectivity index (χ0v) is 15.3. The van der Waals surface area contributed by atoms with Crippen LogP contribution >= 0.6 is 22.6 Å². The van der Waals surface area contributed by atoms with E-state index in [9.17, 15) is 19.8 Å². The molecular formula is C16H25IN2O4. The van der Waals surface area contributed by atoms with Crippen LogP contribution in [0, 0.1) is 17.8 Å². The van der Waals surface area contributed by atoms with Crippen molar-refractivity contribution < 1.29 is 19.8 Å². The Morgan fingerprint density at radius 3 is 2.57 bits per heavy atom. The molecule has 0 bridgehead atoms. The van der Waals surface area contributed by atoms with Gasteiger partial charge in [-0.05, 0) is 56.4 Å². The molecule has 0 spiro atoms. The molecule has 3 aliphatic rings. The molecule has 7 heteroatoms. The Labute approximate surface area is 150 Å². The molecule has 1 aliphatic carbocycles. The maximum absolute atomic E-state index is 11.4. The molecule has 0 aromatic heterocycles. The fraction of sp³-hybridized carbons (Fsp3) is 0.875. The lowest BCUT2D eigenvalue weighted by molar-refractivity contribution is -0.143. The summed E-state index contributed by atoms with van der Waals surface area (Å²) >= 11 is 2.35. The van der Waals surface area contributed by atoms with Gasteiger partial charge in [0.1, 0.15) is 12.1 Å². The number of carbonyl (C=O) groups is 2. The Kier molecular flexibility index (Phi) is 5.47. The van der Waals surface area contributed by atoms with Crippen molar-refractivity contribution in [2.45, 2.75) is 48.1 Å². The van der Waals surface area contributed by atoms with Crippen LogP contribution in [0.5, 0.6) is 0 Å². The zero-order chi connectivity index (χ0) is 16.6. The van der Waals surface area contributed by atoms with Gasteiger partial charge in [0.15, 0.2) is 0 Å². The number of alkyl halides is 1. The molecule has 3 rings (SSSR count). The first kappa shape index (κ1) is 17.4. The highest BCUT2D eigenvalue weighted by molar-refractivity contribution is 14.1. The highest BCUT2D eigenvalue weighted by atomic mass is 127. The number of piperidine rings is 1. The second kappa shape index (κ2) is 7.23. The minimum absolute atomic E-state index is 0.339. The van der Waals surface area contributed by atoms with E-state index >= 15 is 0 Å². The van der Waals surface area contributed by atoms with Crippen LogP contribution in [0.4, 0.5) is 0 Å². The van der Waals surface area contributed by atoms with Gasteiger partial charge in [0.05, 0.1) is 0 Å². The molecule has 0 aromatic carbocycles. The molecule has 2 aliphatic heterocycles. The van der Waals surface area contributed by atoms with E-state index in [1.807, 2.05) is 0 Å². The van der Waals surface area contributed by atoms with Gasteiger partial charge in [-0.3, -0.25) is 14.5 Å². The molecule has 2 saturated heterocycles. The second-order valence-corrected chi connectivity index (χ2v) is 9.14. The first-order valence-electron chi connectivity index (χ1n) is 8.51. The monoisotopic (exact) mass is 436 g/mol. The lowest BCUT2D eigenvalue weighted by Crippen LogP contribution is -2.50. The van der Waals surface area contributed by atoms with Gasteiger partial charge in [0.2, 0.25) is 0 Å². The number of hydrogen-bond donors (Lipinski definition) is 3. The maximum atomic E-state index is 11.4. The average Bonchev–Trinajstić information content (AvgIpc) is 2.87. The Morgan fingerprint density at radius 2 is 1.87 bits per heavy atom. The molecule has 3 N–H and O–H groups in total. The molecule has 130 valence electrons. The summed E-state index contributed by atoms with van der Waals surface area (Å²) < 4.78 is 0.417. The third-order valence-electron chi connectivity index (χ3n) is 5.84. The predicted molar refractivity (Wildman–Crippen MR) is 93.8 cm³/mol. The SMILES string of the molecule is O=C(O)C1CC2CC(CN3C[C@@H](I)C[C@H]3C(=O)O)CCC2CN1. The van der Waals surface area contributed by atoms with Crippen LogP contribution in [-0.2, 0) is 9.59 Å². The molecule has 2 heterocycles. The van der Waals surface area contributed by atoms with Gasteiger partial charge in [-0.15, -0.1) is 0 Å². The van der Waals surface area contributed by atoms with Crippen LogP contribution < -0.4 is 5.32 Å². The van der Waals surface area contributed by atoms with E-state index in [4.69, 9.17) is 0 Å². The van der Waals surface area contributed by atoms with Gasteiger partial charge in [-0.2, -0.15) is 0 Å². The molecular weight excluding hydrogens is 411 g/mol. The average molecular weight is 436 g/mol. The summed E-state index contributed by atoms with van der Waals surface area (Å²) in [6.45, 7) is 2.53. The molecule has 6 nitrogen and oxygen atoms in total. The minimum Gasteiger partial charge on any atom is -0.480 e. The van der Waals surface area contributed by atoms with E-state index in [-0.39, 0.29) is 6.04 Å². The summed E-state index contributed by atoms with van der Waals surface area (Å²) in [4.78, 5) is 24.8. The molecule has 23 heavy (non-hydrogen) atoms. The molecule has 0 aromatic rings. The standard InChI is InChI=1S/C16H25IN2O4/c17-12-5-14(16(22)23)19(8-12)7-9-1-2-10-6-18-13(15(20)21)4-11(10)3-9/h9-14,18H,1-8H2,(H,20,21)(H,22,23)/t9?,10?,11?,12-,13?,14-/m0/s1. The lowest BCUT2D eigenvalue weighted by atomic mass is 9.69. The normalized spacial score (nSPS) is 41.4. The molecule has 1 saturated carbocycles. The summed E-state index contributed by atoms with van der Waals surface area (Å²) in [7, 11) is 0. The van der Waals surface area contributed by atoms with E-state index in [1.165, 1.54) is 0 Å². The van der Waals surface area contributed by atoms with Gasteiger partial charge in [0.25, 0.3) is 0 Å². The third kappa shape index (κ3) is 3.99. The largest absolute Gasteiger partial charge is 0.480 e. The van der Waals surface area contributed by atoms with Gasteiger partial charge in [-0.25, -0.2) is 0 Å². The molecule has 6 atom stereocenters. The van der Waals surface area contributed by atoms with Crippen LogP contribution in [0.15, 0.2) is 0 Å². The predicted octanol–water partition coefficient (Wildman–Crippen LogP) is 1.43. The van der Waals surface area contributed by atoms with Crippen molar-refractivity contribution in [3.8, 4) is 0 Å². The first-order chi connectivity index (χ1) is 10.9. The third-order valence-corrected chi connectivity index (χ3v) is 6.74. The highest BCUT2D eigenvalue weighted by Crippen LogP contribution is 2.39. The number of carboxylic acids is 2. The number of nitrogens with zero attached hydrogens (tertiary/aromatic N) is 1. The van der Waals surface area contributed by atoms with E-state index in [2.05, 4.69) is 32.8 Å².